The lowest BCUT2D eigenvalue weighted by Crippen LogP contribution is -2.70. The molecule has 2 aliphatic carbocycles. The Morgan fingerprint density at radius 1 is 1.14 bits per heavy atom. The molecule has 3 aliphatic rings. The fourth-order valence-corrected chi connectivity index (χ4v) is 6.34. The van der Waals surface area contributed by atoms with Crippen molar-refractivity contribution in [2.24, 2.45) is 0 Å². The number of aliphatic carboxylic acids is 2. The van der Waals surface area contributed by atoms with Gasteiger partial charge in [0.15, 0.2) is 23.7 Å². The van der Waals surface area contributed by atoms with Crippen LogP contribution in [0.2, 0.25) is 0 Å². The second-order valence-electron chi connectivity index (χ2n) is 10.7. The molecule has 0 saturated heterocycles. The molecule has 42 heavy (non-hydrogen) atoms. The van der Waals surface area contributed by atoms with Crippen molar-refractivity contribution in [3.05, 3.63) is 35.1 Å². The monoisotopic (exact) mass is 590 g/mol. The number of benzene rings is 1. The third kappa shape index (κ3) is 5.15. The van der Waals surface area contributed by atoms with E-state index in [0.717, 1.165) is 5.56 Å². The van der Waals surface area contributed by atoms with Gasteiger partial charge in [0.1, 0.15) is 11.8 Å². The quantitative estimate of drug-likeness (QED) is 0.180. The number of carbonyl (C=O) groups is 5. The molecule has 14 heteroatoms. The highest BCUT2D eigenvalue weighted by atomic mass is 16.6. The molecule has 1 amide bonds. The van der Waals surface area contributed by atoms with Crippen molar-refractivity contribution < 1.29 is 58.6 Å². The van der Waals surface area contributed by atoms with Gasteiger partial charge in [-0.05, 0) is 44.5 Å². The van der Waals surface area contributed by atoms with Crippen molar-refractivity contribution in [2.45, 2.75) is 87.7 Å². The molecule has 6 atom stereocenters. The molecule has 228 valence electrons. The predicted octanol–water partition coefficient (Wildman–Crippen LogP) is 0.263. The lowest BCUT2D eigenvalue weighted by Gasteiger charge is -2.55. The molecule has 0 spiro atoms. The van der Waals surface area contributed by atoms with Gasteiger partial charge in [0.05, 0.1) is 30.3 Å². The predicted molar refractivity (Wildman–Crippen MR) is 141 cm³/mol. The molecule has 6 N–H and O–H groups in total. The first-order valence-corrected chi connectivity index (χ1v) is 13.6. The molecule has 1 aromatic carbocycles. The number of rotatable bonds is 12. The highest BCUT2D eigenvalue weighted by Gasteiger charge is 2.69. The van der Waals surface area contributed by atoms with Crippen molar-refractivity contribution in [3.63, 3.8) is 0 Å². The standard InChI is InChI=1S/C28H34N2O12/c1-4-27-22-14-5-6-16(31)23(22)42-24(27)17(9-10-28(27,39)18(11-14)29-3)41-21(35)8-7-20(34)40-13(2)25(36)30-15(26(37)38)12-19(32)33/h5-6,9,13,15,18,24,29,31,39H,4,7-8,10-12H2,1-3H3,(H,30,36)(H,32,33)(H,37,38)/t13-,15-,18+,24-,27-,28+/m0/s1. The van der Waals surface area contributed by atoms with Crippen molar-refractivity contribution in [2.75, 3.05) is 7.05 Å². The van der Waals surface area contributed by atoms with Gasteiger partial charge < -0.3 is 45.3 Å². The molecule has 0 bridgehead atoms. The maximum absolute atomic E-state index is 12.8. The molecular weight excluding hydrogens is 556 g/mol. The van der Waals surface area contributed by atoms with E-state index in [0.29, 0.717) is 18.4 Å². The number of carboxylic acids is 2. The largest absolute Gasteiger partial charge is 0.504 e. The maximum atomic E-state index is 12.8. The van der Waals surface area contributed by atoms with Crippen molar-refractivity contribution in [1.82, 2.24) is 10.6 Å². The zero-order valence-electron chi connectivity index (χ0n) is 23.3. The minimum atomic E-state index is -1.71. The van der Waals surface area contributed by atoms with Crippen molar-refractivity contribution >= 4 is 29.8 Å². The number of carbonyl (C=O) groups excluding carboxylic acids is 3. The Balaban J connectivity index is 1.41. The fraction of sp³-hybridized carbons (Fsp3) is 0.536. The van der Waals surface area contributed by atoms with Crippen LogP contribution in [0.4, 0.5) is 0 Å². The summed E-state index contributed by atoms with van der Waals surface area (Å²) in [5.74, 6) is -5.48. The number of ether oxygens (including phenoxy) is 3. The van der Waals surface area contributed by atoms with Crippen LogP contribution in [0, 0.1) is 0 Å². The van der Waals surface area contributed by atoms with Gasteiger partial charge in [-0.25, -0.2) is 4.79 Å². The first kappa shape index (κ1) is 30.8. The highest BCUT2D eigenvalue weighted by molar-refractivity contribution is 5.90. The van der Waals surface area contributed by atoms with Crippen LogP contribution in [-0.4, -0.2) is 87.2 Å². The average Bonchev–Trinajstić information content (AvgIpc) is 3.31. The number of phenols is 1. The summed E-state index contributed by atoms with van der Waals surface area (Å²) in [5, 5.41) is 45.7. The molecule has 0 aromatic heterocycles. The Hall–Kier alpha value is -4.17. The van der Waals surface area contributed by atoms with Crippen LogP contribution in [0.5, 0.6) is 11.5 Å². The van der Waals surface area contributed by atoms with E-state index >= 15 is 0 Å². The Morgan fingerprint density at radius 3 is 2.45 bits per heavy atom. The molecule has 1 heterocycles. The van der Waals surface area contributed by atoms with Crippen LogP contribution in [0.15, 0.2) is 24.0 Å². The molecule has 0 saturated carbocycles. The third-order valence-electron chi connectivity index (χ3n) is 8.34. The molecular formula is C28H34N2O12. The zero-order valence-corrected chi connectivity index (χ0v) is 23.3. The Labute approximate surface area is 240 Å². The molecule has 1 aliphatic heterocycles. The second-order valence-corrected chi connectivity index (χ2v) is 10.7. The smallest absolute Gasteiger partial charge is 0.326 e. The van der Waals surface area contributed by atoms with Crippen LogP contribution < -0.4 is 15.4 Å². The van der Waals surface area contributed by atoms with Gasteiger partial charge in [-0.2, -0.15) is 0 Å². The van der Waals surface area contributed by atoms with Crippen LogP contribution >= 0.6 is 0 Å². The van der Waals surface area contributed by atoms with Gasteiger partial charge in [0, 0.05) is 18.0 Å². The topological polar surface area (TPSA) is 218 Å². The van der Waals surface area contributed by atoms with E-state index in [1.54, 1.807) is 19.2 Å². The second kappa shape index (κ2) is 11.6. The van der Waals surface area contributed by atoms with Crippen LogP contribution in [0.3, 0.4) is 0 Å². The summed E-state index contributed by atoms with van der Waals surface area (Å²) >= 11 is 0. The van der Waals surface area contributed by atoms with E-state index in [-0.39, 0.29) is 29.7 Å². The number of likely N-dealkylation sites (N-methyl/N-ethyl adjacent to an activating group) is 1. The van der Waals surface area contributed by atoms with Gasteiger partial charge in [0.2, 0.25) is 0 Å². The number of carboxylic acid groups (broad SMARTS) is 2. The molecule has 14 nitrogen and oxygen atoms in total. The van der Waals surface area contributed by atoms with E-state index < -0.39 is 78.3 Å². The van der Waals surface area contributed by atoms with Crippen LogP contribution in [0.25, 0.3) is 0 Å². The summed E-state index contributed by atoms with van der Waals surface area (Å²) in [5.41, 5.74) is -0.742. The van der Waals surface area contributed by atoms with Crippen molar-refractivity contribution in [3.8, 4) is 11.5 Å². The van der Waals surface area contributed by atoms with Gasteiger partial charge >= 0.3 is 23.9 Å². The van der Waals surface area contributed by atoms with Crippen LogP contribution in [-0.2, 0) is 45.3 Å². The van der Waals surface area contributed by atoms with Gasteiger partial charge in [0.25, 0.3) is 5.91 Å². The Bertz CT molecular complexity index is 1340. The highest BCUT2D eigenvalue weighted by Crippen LogP contribution is 2.63. The number of aliphatic hydroxyl groups is 1. The number of nitrogens with one attached hydrogen (secondary N) is 2. The van der Waals surface area contributed by atoms with Gasteiger partial charge in [-0.1, -0.05) is 13.0 Å². The first-order valence-electron chi connectivity index (χ1n) is 13.6. The van der Waals surface area contributed by atoms with E-state index in [4.69, 9.17) is 24.4 Å². The lowest BCUT2D eigenvalue weighted by atomic mass is 9.52. The van der Waals surface area contributed by atoms with Crippen LogP contribution in [0.1, 0.15) is 57.1 Å². The fourth-order valence-electron chi connectivity index (χ4n) is 6.34. The minimum absolute atomic E-state index is 0.0922. The number of hydrogen-bond donors (Lipinski definition) is 6. The summed E-state index contributed by atoms with van der Waals surface area (Å²) in [6.45, 7) is 3.06. The molecule has 4 rings (SSSR count). The summed E-state index contributed by atoms with van der Waals surface area (Å²) in [6.07, 6.45) is -1.52. The molecule has 0 radical (unpaired) electrons. The summed E-state index contributed by atoms with van der Waals surface area (Å²) < 4.78 is 16.8. The number of amides is 1. The van der Waals surface area contributed by atoms with E-state index in [2.05, 4.69) is 5.32 Å². The molecule has 0 unspecified atom stereocenters. The Morgan fingerprint density at radius 2 is 1.83 bits per heavy atom. The minimum Gasteiger partial charge on any atom is -0.504 e. The normalized spacial score (nSPS) is 26.5. The van der Waals surface area contributed by atoms with E-state index in [1.165, 1.54) is 13.0 Å². The van der Waals surface area contributed by atoms with Crippen molar-refractivity contribution in [1.29, 1.82) is 0 Å². The molecule has 1 aromatic rings. The Kier molecular flexibility index (Phi) is 8.51. The summed E-state index contributed by atoms with van der Waals surface area (Å²) in [7, 11) is 1.76. The number of esters is 2. The third-order valence-corrected chi connectivity index (χ3v) is 8.34. The summed E-state index contributed by atoms with van der Waals surface area (Å²) in [6, 6.07) is 1.27. The number of phenolic OH excluding ortho intramolecular Hbond substituents is 1. The average molecular weight is 591 g/mol. The maximum Gasteiger partial charge on any atom is 0.326 e. The SMILES string of the molecule is CC[C@]12c3c4ccc(O)c3O[C@H]1C(OC(=O)CCC(=O)O[C@@H](C)C(=O)N[C@@H](CC(=O)O)C(=O)O)=CC[C@@]2(O)[C@H](NC)C4. The first-order chi connectivity index (χ1) is 19.8. The van der Waals surface area contributed by atoms with E-state index in [1.807, 2.05) is 12.2 Å². The zero-order chi connectivity index (χ0) is 31.0. The van der Waals surface area contributed by atoms with Gasteiger partial charge in [-0.3, -0.25) is 19.2 Å². The van der Waals surface area contributed by atoms with E-state index in [9.17, 15) is 34.2 Å². The molecule has 0 fully saturated rings. The van der Waals surface area contributed by atoms with Gasteiger partial charge in [-0.15, -0.1) is 0 Å². The number of hydrogen-bond acceptors (Lipinski definition) is 11. The lowest BCUT2D eigenvalue weighted by molar-refractivity contribution is -0.158. The number of aromatic hydroxyl groups is 1. The summed E-state index contributed by atoms with van der Waals surface area (Å²) in [4.78, 5) is 59.2.